The zero-order valence-corrected chi connectivity index (χ0v) is 24.1. The van der Waals surface area contributed by atoms with Gasteiger partial charge in [-0.05, 0) is 74.2 Å². The first-order valence-electron chi connectivity index (χ1n) is 14.4. The molecule has 0 radical (unpaired) electrons. The highest BCUT2D eigenvalue weighted by atomic mass is 35.5. The summed E-state index contributed by atoms with van der Waals surface area (Å²) in [5.41, 5.74) is -2.24. The summed E-state index contributed by atoms with van der Waals surface area (Å²) in [4.78, 5) is 16.1. The van der Waals surface area contributed by atoms with Crippen molar-refractivity contribution in [2.24, 2.45) is 35.0 Å². The maximum absolute atomic E-state index is 13.5. The van der Waals surface area contributed by atoms with Gasteiger partial charge in [-0.3, -0.25) is 4.90 Å². The molecule has 1 aliphatic heterocycles. The lowest BCUT2D eigenvalue weighted by atomic mass is 9.46. The molecule has 7 rings (SSSR count). The van der Waals surface area contributed by atoms with E-state index in [1.165, 1.54) is 0 Å². The second-order valence-electron chi connectivity index (χ2n) is 12.8. The van der Waals surface area contributed by atoms with Crippen molar-refractivity contribution in [1.82, 2.24) is 4.90 Å². The number of hydrogen-bond donors (Lipinski definition) is 2. The van der Waals surface area contributed by atoms with Crippen molar-refractivity contribution in [1.29, 1.82) is 0 Å². The lowest BCUT2D eigenvalue weighted by Gasteiger charge is -2.67. The number of benzene rings is 1. The molecule has 1 saturated heterocycles. The lowest BCUT2D eigenvalue weighted by molar-refractivity contribution is -0.271. The smallest absolute Gasteiger partial charge is 0.338 e. The number of carbonyl (C=O) groups is 1. The van der Waals surface area contributed by atoms with E-state index in [4.69, 9.17) is 18.9 Å². The topological polar surface area (TPSA) is 97.7 Å². The minimum absolute atomic E-state index is 0. The third kappa shape index (κ3) is 3.27. The van der Waals surface area contributed by atoms with Gasteiger partial charge in [-0.1, -0.05) is 6.92 Å². The molecule has 2 N–H and O–H groups in total. The number of carbonyl (C=O) groups excluding carboxylic acids is 1. The molecule has 1 spiro atoms. The Balaban J connectivity index is 0.00000277. The Morgan fingerprint density at radius 2 is 1.69 bits per heavy atom. The number of piperidine rings is 1. The number of rotatable bonds is 6. The lowest BCUT2D eigenvalue weighted by Crippen LogP contribution is -2.75. The van der Waals surface area contributed by atoms with E-state index < -0.39 is 29.4 Å². The van der Waals surface area contributed by atoms with Gasteiger partial charge in [0.1, 0.15) is 17.5 Å². The van der Waals surface area contributed by atoms with Gasteiger partial charge in [0.05, 0.1) is 30.5 Å². The number of esters is 1. The van der Waals surface area contributed by atoms with Crippen LogP contribution in [0, 0.1) is 35.0 Å². The van der Waals surface area contributed by atoms with Crippen LogP contribution >= 0.6 is 12.4 Å². The zero-order chi connectivity index (χ0) is 26.6. The standard InChI is InChI=1S/C30H41NO7.ClH/c1-5-31-15-17-8-11-22(36-3)30-19(17)12-20(25(30)31)28(33)14-23(37-4)29(34)13-21(30)24(28)26(29)38-27(32)16-6-9-18(35-2)10-7-16;/h6-7,9-10,17,19-26,33-34H,5,8,11-15H2,1-4H3;1H/t17-,19+,20+,21?,22+,23-,24?,25?,26+,28-,29+,30-;/m0./s1. The van der Waals surface area contributed by atoms with Crippen LogP contribution in [0.5, 0.6) is 5.75 Å². The van der Waals surface area contributed by atoms with Crippen molar-refractivity contribution in [3.63, 3.8) is 0 Å². The monoisotopic (exact) mass is 563 g/mol. The third-order valence-electron chi connectivity index (χ3n) is 12.1. The summed E-state index contributed by atoms with van der Waals surface area (Å²) in [6, 6.07) is 7.01. The van der Waals surface area contributed by atoms with Gasteiger partial charge in [-0.15, -0.1) is 12.4 Å². The van der Waals surface area contributed by atoms with Crippen LogP contribution in [-0.2, 0) is 14.2 Å². The third-order valence-corrected chi connectivity index (χ3v) is 12.1. The molecule has 3 unspecified atom stereocenters. The van der Waals surface area contributed by atoms with E-state index in [1.54, 1.807) is 38.5 Å². The van der Waals surface area contributed by atoms with Crippen molar-refractivity contribution in [2.75, 3.05) is 34.4 Å². The molecular weight excluding hydrogens is 522 g/mol. The molecule has 5 saturated carbocycles. The number of likely N-dealkylation sites (tertiary alicyclic amines) is 1. The zero-order valence-electron chi connectivity index (χ0n) is 23.2. The highest BCUT2D eigenvalue weighted by molar-refractivity contribution is 5.89. The fourth-order valence-electron chi connectivity index (χ4n) is 11.0. The predicted molar refractivity (Wildman–Crippen MR) is 145 cm³/mol. The first kappa shape index (κ1) is 27.7. The van der Waals surface area contributed by atoms with Gasteiger partial charge < -0.3 is 29.2 Å². The van der Waals surface area contributed by atoms with Crippen LogP contribution in [0.3, 0.4) is 0 Å². The van der Waals surface area contributed by atoms with Gasteiger partial charge in [0, 0.05) is 50.5 Å². The molecule has 1 aromatic carbocycles. The summed E-state index contributed by atoms with van der Waals surface area (Å²) < 4.78 is 23.7. The molecule has 0 aromatic heterocycles. The second kappa shape index (κ2) is 9.30. The van der Waals surface area contributed by atoms with Crippen molar-refractivity contribution in [2.45, 2.75) is 74.6 Å². The van der Waals surface area contributed by atoms with Crippen LogP contribution in [0.25, 0.3) is 0 Å². The van der Waals surface area contributed by atoms with Crippen LogP contribution in [0.15, 0.2) is 24.3 Å². The first-order valence-corrected chi connectivity index (χ1v) is 14.4. The molecule has 9 heteroatoms. The van der Waals surface area contributed by atoms with E-state index >= 15 is 0 Å². The Labute approximate surface area is 236 Å². The van der Waals surface area contributed by atoms with Crippen molar-refractivity contribution >= 4 is 18.4 Å². The summed E-state index contributed by atoms with van der Waals surface area (Å²) in [6.45, 7) is 4.23. The largest absolute Gasteiger partial charge is 0.497 e. The maximum atomic E-state index is 13.5. The number of methoxy groups -OCH3 is 3. The Hall–Kier alpha value is -1.42. The van der Waals surface area contributed by atoms with E-state index in [-0.39, 0.29) is 47.7 Å². The minimum Gasteiger partial charge on any atom is -0.497 e. The Morgan fingerprint density at radius 1 is 0.974 bits per heavy atom. The SMILES string of the molecule is CCN1C[C@@H]2CC[C@@H](OC)[C@@]34C5C[C@@]6(O)[C@@H](OC)C[C@@](O)(C5[C@H]6OC(=O)c5ccc(OC)cc5)[C@H](C[C@H]23)C14.Cl. The van der Waals surface area contributed by atoms with Gasteiger partial charge in [0.2, 0.25) is 0 Å². The molecule has 5 aliphatic carbocycles. The number of halogens is 1. The molecule has 1 heterocycles. The average molecular weight is 564 g/mol. The predicted octanol–water partition coefficient (Wildman–Crippen LogP) is 2.92. The number of hydrogen-bond acceptors (Lipinski definition) is 8. The van der Waals surface area contributed by atoms with Crippen LogP contribution in [0.1, 0.15) is 49.4 Å². The fourth-order valence-corrected chi connectivity index (χ4v) is 11.0. The van der Waals surface area contributed by atoms with E-state index in [0.717, 1.165) is 32.4 Å². The van der Waals surface area contributed by atoms with Crippen molar-refractivity contribution < 1.29 is 34.0 Å². The molecule has 8 nitrogen and oxygen atoms in total. The molecule has 0 amide bonds. The summed E-state index contributed by atoms with van der Waals surface area (Å²) >= 11 is 0. The van der Waals surface area contributed by atoms with Crippen LogP contribution in [0.4, 0.5) is 0 Å². The van der Waals surface area contributed by atoms with Crippen LogP contribution in [0.2, 0.25) is 0 Å². The molecular formula is C30H42ClNO7. The molecule has 12 atom stereocenters. The Bertz CT molecular complexity index is 1120. The molecule has 6 aliphatic rings. The number of aliphatic hydroxyl groups is 2. The summed E-state index contributed by atoms with van der Waals surface area (Å²) in [6.07, 6.45) is 2.50. The maximum Gasteiger partial charge on any atom is 0.338 e. The highest BCUT2D eigenvalue weighted by Crippen LogP contribution is 2.77. The van der Waals surface area contributed by atoms with Gasteiger partial charge >= 0.3 is 5.97 Å². The van der Waals surface area contributed by atoms with Gasteiger partial charge in [0.15, 0.2) is 0 Å². The normalized spacial score (nSPS) is 48.8. The Kier molecular flexibility index (Phi) is 6.61. The van der Waals surface area contributed by atoms with Gasteiger partial charge in [-0.25, -0.2) is 4.79 Å². The second-order valence-corrected chi connectivity index (χ2v) is 12.8. The number of ether oxygens (including phenoxy) is 4. The molecule has 39 heavy (non-hydrogen) atoms. The molecule has 216 valence electrons. The van der Waals surface area contributed by atoms with Crippen LogP contribution in [-0.4, -0.2) is 91.1 Å². The van der Waals surface area contributed by atoms with E-state index in [1.807, 2.05) is 7.11 Å². The number of nitrogens with zero attached hydrogens (tertiary/aromatic N) is 1. The summed E-state index contributed by atoms with van der Waals surface area (Å²) in [7, 11) is 5.01. The van der Waals surface area contributed by atoms with Crippen molar-refractivity contribution in [3.05, 3.63) is 29.8 Å². The highest BCUT2D eigenvalue weighted by Gasteiger charge is 2.84. The quantitative estimate of drug-likeness (QED) is 0.510. The molecule has 6 fully saturated rings. The molecule has 1 aromatic rings. The average Bonchev–Trinajstić information content (AvgIpc) is 3.31. The van der Waals surface area contributed by atoms with E-state index in [9.17, 15) is 15.0 Å². The Morgan fingerprint density at radius 3 is 2.33 bits per heavy atom. The van der Waals surface area contributed by atoms with E-state index in [2.05, 4.69) is 11.8 Å². The summed E-state index contributed by atoms with van der Waals surface area (Å²) in [5, 5.41) is 25.1. The summed E-state index contributed by atoms with van der Waals surface area (Å²) in [5.74, 6) is 0.810. The van der Waals surface area contributed by atoms with Gasteiger partial charge in [0.25, 0.3) is 0 Å². The van der Waals surface area contributed by atoms with Gasteiger partial charge in [-0.2, -0.15) is 0 Å². The minimum atomic E-state index is -1.37. The van der Waals surface area contributed by atoms with E-state index in [0.29, 0.717) is 36.0 Å². The first-order chi connectivity index (χ1) is 18.3. The van der Waals surface area contributed by atoms with Crippen molar-refractivity contribution in [3.8, 4) is 5.75 Å². The molecule has 7 bridgehead atoms. The fraction of sp³-hybridized carbons (Fsp3) is 0.767. The van der Waals surface area contributed by atoms with Crippen LogP contribution < -0.4 is 4.74 Å². The number of fused-ring (bicyclic) bond motifs is 2.